The van der Waals surface area contributed by atoms with Crippen molar-refractivity contribution in [2.24, 2.45) is 50.2 Å². The summed E-state index contributed by atoms with van der Waals surface area (Å²) in [5.74, 6) is -4.74. The molecule has 0 aromatic heterocycles. The maximum atomic E-state index is 16.1. The summed E-state index contributed by atoms with van der Waals surface area (Å²) in [6, 6.07) is 6.70. The van der Waals surface area contributed by atoms with Gasteiger partial charge in [0.05, 0.1) is 63.4 Å². The minimum atomic E-state index is -2.25. The number of esters is 2. The van der Waals surface area contributed by atoms with Gasteiger partial charge in [-0.3, -0.25) is 9.59 Å². The van der Waals surface area contributed by atoms with Crippen molar-refractivity contribution in [3.8, 4) is 5.75 Å². The average Bonchev–Trinajstić information content (AvgIpc) is 0.721. The fourth-order valence-electron chi connectivity index (χ4n) is 17.7. The zero-order valence-electron chi connectivity index (χ0n) is 51.9. The maximum Gasteiger partial charge on any atom is 0.331 e. The molecule has 4 heterocycles. The number of ether oxygens (including phenoxy) is 10. The first-order valence-corrected chi connectivity index (χ1v) is 31.2. The van der Waals surface area contributed by atoms with Crippen LogP contribution in [-0.4, -0.2) is 251 Å². The summed E-state index contributed by atoms with van der Waals surface area (Å²) in [5, 5.41) is 157. The van der Waals surface area contributed by atoms with Gasteiger partial charge in [-0.1, -0.05) is 51.5 Å². The Balaban J connectivity index is 1.00. The second-order valence-electron chi connectivity index (χ2n) is 28.4. The lowest BCUT2D eigenvalue weighted by Gasteiger charge is -2.71. The van der Waals surface area contributed by atoms with E-state index in [2.05, 4.69) is 0 Å². The van der Waals surface area contributed by atoms with Crippen LogP contribution in [0.25, 0.3) is 6.08 Å². The molecule has 27 heteroatoms. The Morgan fingerprint density at radius 2 is 1.32 bits per heavy atom. The Labute approximate surface area is 521 Å². The van der Waals surface area contributed by atoms with Crippen molar-refractivity contribution in [3.63, 3.8) is 0 Å². The standard InChI is InChI=1S/C63H92O27/c1-28-40(70)42(72)44(74)51(83-28)88-48-47(87-54-49(76)62(80,26-66)27-82-54)46(86-39(69)16-11-30-9-12-31(81-8)13-10-30)29(2)84-53(48)90-56(79)63-20-19-61(25-65)32(33(63)21-57(3,4)23-38(63)68)14-15-36-58(5)22-34(67)50(60(7,55(77)78)37(58)17-18-59(36,61)6)89-52-45(75)43(73)41(71)35(24-64)85-52/h9-14,16,28-29,33-38,40-54,64-68,70-76,80H,15,17-27H2,1-8H3,(H,77,78)/b16-11-/t28-,29+,33-,34-,35+,36+,37+,38+,40-,41-,42+,43-,44+,45+,46-,47-,48+,49-,50-,51-,52-,53-,54-,58+,59+,60-,61-,62+,63-/m0/s1. The van der Waals surface area contributed by atoms with Gasteiger partial charge >= 0.3 is 17.9 Å². The first-order chi connectivity index (χ1) is 42.3. The van der Waals surface area contributed by atoms with Gasteiger partial charge in [-0.2, -0.15) is 0 Å². The van der Waals surface area contributed by atoms with Crippen molar-refractivity contribution in [3.05, 3.63) is 47.6 Å². The van der Waals surface area contributed by atoms with E-state index in [4.69, 9.17) is 47.4 Å². The third-order valence-corrected chi connectivity index (χ3v) is 22.8. The normalized spacial score (nSPS) is 49.1. The number of hydrogen-bond acceptors (Lipinski definition) is 26. The van der Waals surface area contributed by atoms with Gasteiger partial charge in [0.2, 0.25) is 6.29 Å². The van der Waals surface area contributed by atoms with E-state index in [1.54, 1.807) is 24.3 Å². The van der Waals surface area contributed by atoms with E-state index in [0.29, 0.717) is 23.3 Å². The molecule has 27 nitrogen and oxygen atoms in total. The Hall–Kier alpha value is -3.89. The van der Waals surface area contributed by atoms with Crippen molar-refractivity contribution in [2.75, 3.05) is 33.5 Å². The Morgan fingerprint density at radius 1 is 0.678 bits per heavy atom. The molecule has 1 aromatic rings. The third-order valence-electron chi connectivity index (χ3n) is 22.8. The molecule has 29 atom stereocenters. The molecule has 0 unspecified atom stereocenters. The average molecular weight is 1280 g/mol. The molecule has 10 rings (SSSR count). The highest BCUT2D eigenvalue weighted by atomic mass is 16.8. The molecule has 14 N–H and O–H groups in total. The summed E-state index contributed by atoms with van der Waals surface area (Å²) in [4.78, 5) is 43.9. The van der Waals surface area contributed by atoms with Crippen LogP contribution in [0.3, 0.4) is 0 Å². The van der Waals surface area contributed by atoms with E-state index in [0.717, 1.165) is 6.08 Å². The number of carbonyl (C=O) groups excluding carboxylic acids is 2. The zero-order valence-corrected chi connectivity index (χ0v) is 51.9. The summed E-state index contributed by atoms with van der Waals surface area (Å²) >= 11 is 0. The van der Waals surface area contributed by atoms with Gasteiger partial charge in [-0.25, -0.2) is 4.79 Å². The second-order valence-corrected chi connectivity index (χ2v) is 28.4. The monoisotopic (exact) mass is 1280 g/mol. The molecule has 0 bridgehead atoms. The number of carbonyl (C=O) groups is 3. The zero-order chi connectivity index (χ0) is 65.7. The molecule has 4 saturated carbocycles. The fraction of sp³-hybridized carbons (Fsp3) is 0.794. The highest BCUT2D eigenvalue weighted by Gasteiger charge is 2.75. The van der Waals surface area contributed by atoms with E-state index in [9.17, 15) is 81.1 Å². The van der Waals surface area contributed by atoms with Gasteiger partial charge in [-0.05, 0) is 130 Å². The van der Waals surface area contributed by atoms with Crippen molar-refractivity contribution < 1.29 is 133 Å². The lowest BCUT2D eigenvalue weighted by Crippen LogP contribution is -2.71. The van der Waals surface area contributed by atoms with Crippen LogP contribution in [0.2, 0.25) is 0 Å². The van der Waals surface area contributed by atoms with E-state index >= 15 is 4.79 Å². The van der Waals surface area contributed by atoms with Gasteiger partial charge in [0.25, 0.3) is 0 Å². The fourth-order valence-corrected chi connectivity index (χ4v) is 17.7. The van der Waals surface area contributed by atoms with E-state index in [1.165, 1.54) is 34.0 Å². The van der Waals surface area contributed by atoms with Gasteiger partial charge in [0, 0.05) is 11.5 Å². The first kappa shape index (κ1) is 69.0. The molecular weight excluding hydrogens is 1190 g/mol. The molecule has 506 valence electrons. The summed E-state index contributed by atoms with van der Waals surface area (Å²) in [7, 11) is 1.50. The summed E-state index contributed by atoms with van der Waals surface area (Å²) in [6.07, 6.45) is -28.2. The number of methoxy groups -OCH3 is 1. The lowest BCUT2D eigenvalue weighted by atomic mass is 9.33. The van der Waals surface area contributed by atoms with E-state index in [-0.39, 0.29) is 44.9 Å². The Bertz CT molecular complexity index is 2820. The third kappa shape index (κ3) is 11.3. The summed E-state index contributed by atoms with van der Waals surface area (Å²) in [5.41, 5.74) is -8.34. The molecule has 0 radical (unpaired) electrons. The largest absolute Gasteiger partial charge is 0.497 e. The molecule has 90 heavy (non-hydrogen) atoms. The molecular formula is C63H92O27. The number of carboxylic acids is 1. The molecule has 4 aliphatic heterocycles. The molecule has 9 aliphatic rings. The van der Waals surface area contributed by atoms with Crippen LogP contribution in [0.4, 0.5) is 0 Å². The van der Waals surface area contributed by atoms with Crippen molar-refractivity contribution >= 4 is 24.0 Å². The highest BCUT2D eigenvalue weighted by Crippen LogP contribution is 2.76. The number of fused-ring (bicyclic) bond motifs is 7. The number of aliphatic hydroxyl groups excluding tert-OH is 12. The Kier molecular flexibility index (Phi) is 19.4. The van der Waals surface area contributed by atoms with E-state index < -0.39 is 223 Å². The molecule has 1 aromatic carbocycles. The highest BCUT2D eigenvalue weighted by molar-refractivity contribution is 5.87. The maximum absolute atomic E-state index is 16.1. The number of benzene rings is 1. The number of allylic oxidation sites excluding steroid dienone is 1. The number of aliphatic carboxylic acids is 1. The van der Waals surface area contributed by atoms with Gasteiger partial charge in [0.1, 0.15) is 77.8 Å². The number of hydrogen-bond donors (Lipinski definition) is 14. The summed E-state index contributed by atoms with van der Waals surface area (Å²) in [6.45, 7) is 9.34. The summed E-state index contributed by atoms with van der Waals surface area (Å²) < 4.78 is 60.7. The van der Waals surface area contributed by atoms with Gasteiger partial charge in [-0.15, -0.1) is 0 Å². The van der Waals surface area contributed by atoms with Gasteiger partial charge in [0.15, 0.2) is 31.1 Å². The topological polar surface area (TPSA) is 427 Å². The van der Waals surface area contributed by atoms with Crippen molar-refractivity contribution in [2.45, 2.75) is 228 Å². The number of rotatable bonds is 16. The van der Waals surface area contributed by atoms with Crippen molar-refractivity contribution in [1.82, 2.24) is 0 Å². The van der Waals surface area contributed by atoms with Crippen LogP contribution >= 0.6 is 0 Å². The molecule has 4 saturated heterocycles. The molecule has 0 spiro atoms. The Morgan fingerprint density at radius 3 is 1.94 bits per heavy atom. The number of aliphatic hydroxyl groups is 13. The van der Waals surface area contributed by atoms with Crippen LogP contribution in [0.1, 0.15) is 105 Å². The second kappa shape index (κ2) is 25.4. The van der Waals surface area contributed by atoms with Crippen LogP contribution < -0.4 is 4.74 Å². The van der Waals surface area contributed by atoms with Crippen LogP contribution in [0, 0.1) is 50.2 Å². The SMILES string of the molecule is COc1ccc(/C=C\C(=O)O[C@@H]2[C@H](O[C@@H]3OC[C@](O)(CO)[C@H]3O)[C@@H](O[C@@H]3O[C@@H](C)[C@H](O)[C@@H](O)[C@H]3O)[C@H](OC(=O)[C@@]34CC[C@]5(CO)C(=CC[C@@H]6[C@@]7(C)C[C@H](O)[C@H](O[C@@H]8O[C@H](CO)[C@H](O)[C@H](O)[C@H]8O)[C@@](C)(C(=O)O)[C@@H]7CC[C@]65C)[C@@H]3CC(C)(C)C[C@H]4O)O[C@@H]2C)cc1. The number of carboxylic acid groups (broad SMARTS) is 1. The predicted molar refractivity (Wildman–Crippen MR) is 306 cm³/mol. The van der Waals surface area contributed by atoms with Gasteiger partial charge < -0.3 is 119 Å². The van der Waals surface area contributed by atoms with E-state index in [1.807, 2.05) is 33.8 Å². The van der Waals surface area contributed by atoms with Crippen LogP contribution in [-0.2, 0) is 57.0 Å². The van der Waals surface area contributed by atoms with Crippen LogP contribution in [0.15, 0.2) is 42.0 Å². The molecule has 0 amide bonds. The van der Waals surface area contributed by atoms with Crippen LogP contribution in [0.5, 0.6) is 5.75 Å². The smallest absolute Gasteiger partial charge is 0.331 e. The first-order valence-electron chi connectivity index (χ1n) is 31.2. The minimum Gasteiger partial charge on any atom is -0.497 e. The molecule has 5 aliphatic carbocycles. The quantitative estimate of drug-likeness (QED) is 0.0405. The van der Waals surface area contributed by atoms with Crippen molar-refractivity contribution in [1.29, 1.82) is 0 Å². The predicted octanol–water partition coefficient (Wildman–Crippen LogP) is -1.09. The lowest BCUT2D eigenvalue weighted by molar-refractivity contribution is -0.372. The minimum absolute atomic E-state index is 0.0251. The molecule has 8 fully saturated rings.